The largest absolute Gasteiger partial charge is 0.367 e. The Balaban J connectivity index is 2.07. The first kappa shape index (κ1) is 12.5. The third-order valence-electron chi connectivity index (χ3n) is 2.59. The zero-order valence-corrected chi connectivity index (χ0v) is 9.71. The van der Waals surface area contributed by atoms with Crippen LogP contribution < -0.4 is 10.6 Å². The van der Waals surface area contributed by atoms with Gasteiger partial charge in [-0.2, -0.15) is 0 Å². The van der Waals surface area contributed by atoms with Gasteiger partial charge >= 0.3 is 0 Å². The molecule has 88 valence electrons. The van der Waals surface area contributed by atoms with Gasteiger partial charge in [0.2, 0.25) is 5.91 Å². The van der Waals surface area contributed by atoms with Crippen LogP contribution in [0.5, 0.6) is 0 Å². The quantitative estimate of drug-likeness (QED) is 0.683. The lowest BCUT2D eigenvalue weighted by molar-refractivity contribution is -0.128. The Morgan fingerprint density at radius 2 is 2.47 bits per heavy atom. The molecule has 0 aliphatic carbocycles. The lowest BCUT2D eigenvalue weighted by Crippen LogP contribution is -2.36. The number of nitrogens with one attached hydrogen (secondary N) is 2. The van der Waals surface area contributed by atoms with Gasteiger partial charge in [0.1, 0.15) is 6.61 Å². The number of hydrogen-bond acceptors (Lipinski definition) is 3. The van der Waals surface area contributed by atoms with E-state index in [1.165, 1.54) is 0 Å². The molecule has 1 rings (SSSR count). The molecule has 1 amide bonds. The highest BCUT2D eigenvalue weighted by Crippen LogP contribution is 2.02. The number of amides is 1. The first-order valence-corrected chi connectivity index (χ1v) is 5.84. The maximum absolute atomic E-state index is 11.4. The minimum Gasteiger partial charge on any atom is -0.367 e. The highest BCUT2D eigenvalue weighted by Gasteiger charge is 2.16. The second-order valence-corrected chi connectivity index (χ2v) is 4.18. The molecule has 2 N–H and O–H groups in total. The average Bonchev–Trinajstić information content (AvgIpc) is 2.67. The summed E-state index contributed by atoms with van der Waals surface area (Å²) in [7, 11) is 0. The highest BCUT2D eigenvalue weighted by atomic mass is 16.5. The Morgan fingerprint density at radius 3 is 3.07 bits per heavy atom. The Bertz CT molecular complexity index is 191. The van der Waals surface area contributed by atoms with Crippen molar-refractivity contribution in [2.45, 2.75) is 45.3 Å². The molecule has 1 heterocycles. The molecule has 0 bridgehead atoms. The second-order valence-electron chi connectivity index (χ2n) is 4.18. The van der Waals surface area contributed by atoms with Gasteiger partial charge in [0.05, 0.1) is 6.10 Å². The average molecular weight is 214 g/mol. The molecule has 0 spiro atoms. The van der Waals surface area contributed by atoms with Gasteiger partial charge < -0.3 is 15.4 Å². The minimum atomic E-state index is 0.00264. The van der Waals surface area contributed by atoms with Crippen molar-refractivity contribution < 1.29 is 9.53 Å². The van der Waals surface area contributed by atoms with Crippen LogP contribution in [0.2, 0.25) is 0 Å². The number of carbonyl (C=O) groups excluding carboxylic acids is 1. The summed E-state index contributed by atoms with van der Waals surface area (Å²) in [5.74, 6) is 0.00264. The van der Waals surface area contributed by atoms with E-state index >= 15 is 0 Å². The first-order valence-electron chi connectivity index (χ1n) is 5.84. The van der Waals surface area contributed by atoms with Crippen LogP contribution in [0.15, 0.2) is 0 Å². The second kappa shape index (κ2) is 6.80. The van der Waals surface area contributed by atoms with Crippen LogP contribution in [0.1, 0.15) is 33.1 Å². The third-order valence-corrected chi connectivity index (χ3v) is 2.59. The molecular weight excluding hydrogens is 192 g/mol. The van der Waals surface area contributed by atoms with Crippen molar-refractivity contribution in [2.24, 2.45) is 0 Å². The topological polar surface area (TPSA) is 50.4 Å². The molecule has 4 nitrogen and oxygen atoms in total. The summed E-state index contributed by atoms with van der Waals surface area (Å²) in [6.45, 7) is 6.21. The van der Waals surface area contributed by atoms with Crippen LogP contribution in [0.4, 0.5) is 0 Å². The fraction of sp³-hybridized carbons (Fsp3) is 0.909. The zero-order chi connectivity index (χ0) is 11.1. The van der Waals surface area contributed by atoms with Crippen molar-refractivity contribution >= 4 is 5.91 Å². The zero-order valence-electron chi connectivity index (χ0n) is 9.71. The standard InChI is InChI=1S/C11H22N2O2/c1-3-4-9(2)13-11(14)8-15-10-5-6-12-7-10/h9-10,12H,3-8H2,1-2H3,(H,13,14). The molecule has 15 heavy (non-hydrogen) atoms. The van der Waals surface area contributed by atoms with Crippen molar-refractivity contribution in [3.05, 3.63) is 0 Å². The van der Waals surface area contributed by atoms with Crippen LogP contribution >= 0.6 is 0 Å². The van der Waals surface area contributed by atoms with Crippen molar-refractivity contribution in [3.8, 4) is 0 Å². The lowest BCUT2D eigenvalue weighted by Gasteiger charge is -2.14. The number of hydrogen-bond donors (Lipinski definition) is 2. The fourth-order valence-corrected chi connectivity index (χ4v) is 1.79. The normalized spacial score (nSPS) is 22.7. The molecule has 1 fully saturated rings. The van der Waals surface area contributed by atoms with E-state index in [-0.39, 0.29) is 24.7 Å². The summed E-state index contributed by atoms with van der Waals surface area (Å²) < 4.78 is 5.47. The molecule has 0 aromatic rings. The Labute approximate surface area is 91.8 Å². The molecule has 2 unspecified atom stereocenters. The fourth-order valence-electron chi connectivity index (χ4n) is 1.79. The van der Waals surface area contributed by atoms with E-state index in [0.29, 0.717) is 0 Å². The van der Waals surface area contributed by atoms with Gasteiger partial charge in [-0.15, -0.1) is 0 Å². The summed E-state index contributed by atoms with van der Waals surface area (Å²) in [4.78, 5) is 11.4. The maximum Gasteiger partial charge on any atom is 0.246 e. The Kier molecular flexibility index (Phi) is 5.65. The molecule has 4 heteroatoms. The van der Waals surface area contributed by atoms with E-state index in [2.05, 4.69) is 17.6 Å². The molecule has 0 saturated carbocycles. The van der Waals surface area contributed by atoms with Crippen molar-refractivity contribution in [3.63, 3.8) is 0 Å². The van der Waals surface area contributed by atoms with E-state index in [9.17, 15) is 4.79 Å². The van der Waals surface area contributed by atoms with Crippen LogP contribution in [0, 0.1) is 0 Å². The lowest BCUT2D eigenvalue weighted by atomic mass is 10.2. The van der Waals surface area contributed by atoms with Gasteiger partial charge in [0.25, 0.3) is 0 Å². The first-order chi connectivity index (χ1) is 7.22. The Hall–Kier alpha value is -0.610. The van der Waals surface area contributed by atoms with Gasteiger partial charge in [0.15, 0.2) is 0 Å². The summed E-state index contributed by atoms with van der Waals surface area (Å²) >= 11 is 0. The van der Waals surface area contributed by atoms with E-state index in [1.807, 2.05) is 6.92 Å². The summed E-state index contributed by atoms with van der Waals surface area (Å²) in [5.41, 5.74) is 0. The Morgan fingerprint density at radius 1 is 1.67 bits per heavy atom. The van der Waals surface area contributed by atoms with E-state index in [1.54, 1.807) is 0 Å². The van der Waals surface area contributed by atoms with Crippen LogP contribution in [-0.4, -0.2) is 37.7 Å². The van der Waals surface area contributed by atoms with Crippen molar-refractivity contribution in [1.82, 2.24) is 10.6 Å². The predicted octanol–water partition coefficient (Wildman–Crippen LogP) is 0.670. The molecule has 1 aliphatic heterocycles. The highest BCUT2D eigenvalue weighted by molar-refractivity contribution is 5.77. The van der Waals surface area contributed by atoms with Crippen molar-refractivity contribution in [1.29, 1.82) is 0 Å². The summed E-state index contributed by atoms with van der Waals surface area (Å²) in [5, 5.41) is 6.12. The van der Waals surface area contributed by atoms with E-state index in [4.69, 9.17) is 4.74 Å². The summed E-state index contributed by atoms with van der Waals surface area (Å²) in [6.07, 6.45) is 3.35. The number of ether oxygens (including phenoxy) is 1. The molecule has 1 aliphatic rings. The molecule has 2 atom stereocenters. The maximum atomic E-state index is 11.4. The van der Waals surface area contributed by atoms with E-state index < -0.39 is 0 Å². The third kappa shape index (κ3) is 5.14. The van der Waals surface area contributed by atoms with Gasteiger partial charge in [-0.05, 0) is 26.3 Å². The number of rotatable bonds is 6. The monoisotopic (exact) mass is 214 g/mol. The van der Waals surface area contributed by atoms with Crippen LogP contribution in [-0.2, 0) is 9.53 Å². The SMILES string of the molecule is CCCC(C)NC(=O)COC1CCNC1. The van der Waals surface area contributed by atoms with Gasteiger partial charge in [-0.1, -0.05) is 13.3 Å². The van der Waals surface area contributed by atoms with Gasteiger partial charge in [0, 0.05) is 12.6 Å². The predicted molar refractivity (Wildman–Crippen MR) is 59.7 cm³/mol. The minimum absolute atomic E-state index is 0.00264. The molecule has 0 aromatic carbocycles. The van der Waals surface area contributed by atoms with Crippen molar-refractivity contribution in [2.75, 3.05) is 19.7 Å². The molecule has 1 saturated heterocycles. The van der Waals surface area contributed by atoms with Crippen LogP contribution in [0.25, 0.3) is 0 Å². The molecular formula is C11H22N2O2. The number of carbonyl (C=O) groups is 1. The van der Waals surface area contributed by atoms with E-state index in [0.717, 1.165) is 32.4 Å². The van der Waals surface area contributed by atoms with Gasteiger partial charge in [-0.25, -0.2) is 0 Å². The van der Waals surface area contributed by atoms with Crippen LogP contribution in [0.3, 0.4) is 0 Å². The molecule has 0 aromatic heterocycles. The molecule has 0 radical (unpaired) electrons. The summed E-state index contributed by atoms with van der Waals surface area (Å²) in [6, 6.07) is 0.257. The van der Waals surface area contributed by atoms with Gasteiger partial charge in [-0.3, -0.25) is 4.79 Å². The smallest absolute Gasteiger partial charge is 0.246 e.